The normalized spacial score (nSPS) is 12.4. The molecule has 0 amide bonds. The number of rotatable bonds is 4. The largest absolute Gasteiger partial charge is 0.497 e. The Balaban J connectivity index is 3.05. The highest BCUT2D eigenvalue weighted by Gasteiger charge is 2.10. The van der Waals surface area contributed by atoms with Crippen LogP contribution in [0.25, 0.3) is 5.57 Å². The number of methoxy groups -OCH3 is 1. The molecule has 1 aromatic carbocycles. The molecule has 0 aromatic heterocycles. The lowest BCUT2D eigenvalue weighted by Gasteiger charge is -2.12. The lowest BCUT2D eigenvalue weighted by atomic mass is 10.1. The smallest absolute Gasteiger partial charge is 0.118 e. The summed E-state index contributed by atoms with van der Waals surface area (Å²) >= 11 is 0. The van der Waals surface area contributed by atoms with E-state index in [1.807, 2.05) is 18.2 Å². The first-order valence-corrected chi connectivity index (χ1v) is 9.04. The molecule has 0 fully saturated rings. The molecule has 0 bridgehead atoms. The maximum atomic E-state index is 5.15. The van der Waals surface area contributed by atoms with Crippen molar-refractivity contribution in [1.29, 1.82) is 0 Å². The summed E-state index contributed by atoms with van der Waals surface area (Å²) in [7, 11) is 0.471. The Morgan fingerprint density at radius 2 is 1.75 bits per heavy atom. The van der Waals surface area contributed by atoms with Crippen molar-refractivity contribution in [3.63, 3.8) is 0 Å². The van der Waals surface area contributed by atoms with Crippen LogP contribution in [0, 0.1) is 0 Å². The van der Waals surface area contributed by atoms with Crippen molar-refractivity contribution in [3.05, 3.63) is 48.2 Å². The van der Waals surface area contributed by atoms with Crippen molar-refractivity contribution >= 4 is 13.6 Å². The van der Waals surface area contributed by atoms with Crippen molar-refractivity contribution in [3.8, 4) is 5.75 Å². The summed E-state index contributed by atoms with van der Waals surface area (Å²) in [5, 5.41) is 0. The molecule has 16 heavy (non-hydrogen) atoms. The van der Waals surface area contributed by atoms with Crippen LogP contribution in [0.3, 0.4) is 0 Å². The molecule has 0 aliphatic heterocycles. The van der Waals surface area contributed by atoms with Gasteiger partial charge >= 0.3 is 0 Å². The van der Waals surface area contributed by atoms with E-state index in [9.17, 15) is 0 Å². The molecule has 0 unspecified atom stereocenters. The highest BCUT2D eigenvalue weighted by Crippen LogP contribution is 2.21. The van der Waals surface area contributed by atoms with Gasteiger partial charge in [-0.2, -0.15) is 0 Å². The van der Waals surface area contributed by atoms with Crippen LogP contribution in [0.5, 0.6) is 5.75 Å². The SMILES string of the molecule is C=C/C(=C\[Si](C)(C)C)c1ccc(OC)cc1. The summed E-state index contributed by atoms with van der Waals surface area (Å²) < 4.78 is 5.15. The van der Waals surface area contributed by atoms with Crippen LogP contribution >= 0.6 is 0 Å². The third-order valence-corrected chi connectivity index (χ3v) is 3.41. The van der Waals surface area contributed by atoms with Gasteiger partial charge in [0.1, 0.15) is 5.75 Å². The van der Waals surface area contributed by atoms with E-state index in [0.29, 0.717) is 0 Å². The number of hydrogen-bond acceptors (Lipinski definition) is 1. The molecule has 0 atom stereocenters. The Morgan fingerprint density at radius 1 is 1.19 bits per heavy atom. The zero-order valence-electron chi connectivity index (χ0n) is 10.6. The molecule has 0 saturated carbocycles. The molecular formula is C14H20OSi. The topological polar surface area (TPSA) is 9.23 Å². The maximum Gasteiger partial charge on any atom is 0.118 e. The second kappa shape index (κ2) is 5.17. The quantitative estimate of drug-likeness (QED) is 0.560. The molecule has 0 radical (unpaired) electrons. The first kappa shape index (κ1) is 12.8. The molecular weight excluding hydrogens is 212 g/mol. The van der Waals surface area contributed by atoms with Crippen LogP contribution in [0.1, 0.15) is 5.56 Å². The Labute approximate surface area is 99.5 Å². The van der Waals surface area contributed by atoms with E-state index in [1.54, 1.807) is 7.11 Å². The van der Waals surface area contributed by atoms with Gasteiger partial charge in [0.05, 0.1) is 15.2 Å². The second-order valence-corrected chi connectivity index (χ2v) is 9.92. The Bertz CT molecular complexity index is 382. The highest BCUT2D eigenvalue weighted by atomic mass is 28.3. The van der Waals surface area contributed by atoms with Gasteiger partial charge in [0.2, 0.25) is 0 Å². The Kier molecular flexibility index (Phi) is 4.13. The summed E-state index contributed by atoms with van der Waals surface area (Å²) in [6.45, 7) is 10.8. The van der Waals surface area contributed by atoms with E-state index < -0.39 is 8.07 Å². The lowest BCUT2D eigenvalue weighted by Crippen LogP contribution is -2.16. The summed E-state index contributed by atoms with van der Waals surface area (Å²) in [6, 6.07) is 8.12. The fourth-order valence-electron chi connectivity index (χ4n) is 1.51. The van der Waals surface area contributed by atoms with Crippen LogP contribution in [0.2, 0.25) is 19.6 Å². The number of allylic oxidation sites excluding steroid dienone is 2. The molecule has 1 rings (SSSR count). The van der Waals surface area contributed by atoms with Crippen molar-refractivity contribution < 1.29 is 4.74 Å². The second-order valence-electron chi connectivity index (χ2n) is 4.90. The van der Waals surface area contributed by atoms with E-state index in [2.05, 4.69) is 44.1 Å². The zero-order valence-corrected chi connectivity index (χ0v) is 11.6. The van der Waals surface area contributed by atoms with Gasteiger partial charge in [-0.1, -0.05) is 50.1 Å². The van der Waals surface area contributed by atoms with Crippen LogP contribution in [-0.2, 0) is 0 Å². The zero-order chi connectivity index (χ0) is 12.2. The van der Waals surface area contributed by atoms with Crippen LogP contribution < -0.4 is 4.74 Å². The van der Waals surface area contributed by atoms with Gasteiger partial charge in [0.25, 0.3) is 0 Å². The molecule has 0 heterocycles. The first-order chi connectivity index (χ1) is 7.46. The minimum atomic E-state index is -1.21. The van der Waals surface area contributed by atoms with Gasteiger partial charge in [-0.15, -0.1) is 0 Å². The predicted octanol–water partition coefficient (Wildman–Crippen LogP) is 4.14. The Hall–Kier alpha value is -1.28. The molecule has 1 aromatic rings. The predicted molar refractivity (Wildman–Crippen MR) is 74.5 cm³/mol. The minimum absolute atomic E-state index is 0.889. The Morgan fingerprint density at radius 3 is 2.12 bits per heavy atom. The van der Waals surface area contributed by atoms with E-state index in [4.69, 9.17) is 4.74 Å². The average molecular weight is 232 g/mol. The maximum absolute atomic E-state index is 5.15. The molecule has 0 aliphatic rings. The standard InChI is InChI=1S/C14H20OSi/c1-6-12(11-16(3,4)5)13-7-9-14(15-2)10-8-13/h6-11H,1H2,2-5H3/b12-11+. The monoisotopic (exact) mass is 232 g/mol. The van der Waals surface area contributed by atoms with Gasteiger partial charge in [-0.05, 0) is 23.3 Å². The fraction of sp³-hybridized carbons (Fsp3) is 0.286. The fourth-order valence-corrected chi connectivity index (χ4v) is 2.73. The lowest BCUT2D eigenvalue weighted by molar-refractivity contribution is 0.415. The van der Waals surface area contributed by atoms with Crippen molar-refractivity contribution in [2.45, 2.75) is 19.6 Å². The molecule has 0 N–H and O–H groups in total. The minimum Gasteiger partial charge on any atom is -0.497 e. The van der Waals surface area contributed by atoms with Crippen LogP contribution in [0.15, 0.2) is 42.6 Å². The van der Waals surface area contributed by atoms with Crippen LogP contribution in [-0.4, -0.2) is 15.2 Å². The number of ether oxygens (including phenoxy) is 1. The summed E-state index contributed by atoms with van der Waals surface area (Å²) in [5.74, 6) is 0.889. The van der Waals surface area contributed by atoms with E-state index >= 15 is 0 Å². The average Bonchev–Trinajstić information content (AvgIpc) is 2.25. The summed E-state index contributed by atoms with van der Waals surface area (Å²) in [5.41, 5.74) is 4.79. The first-order valence-electron chi connectivity index (χ1n) is 5.46. The summed E-state index contributed by atoms with van der Waals surface area (Å²) in [6.07, 6.45) is 1.93. The van der Waals surface area contributed by atoms with Crippen molar-refractivity contribution in [2.75, 3.05) is 7.11 Å². The summed E-state index contributed by atoms with van der Waals surface area (Å²) in [4.78, 5) is 0. The molecule has 2 heteroatoms. The molecule has 0 aliphatic carbocycles. The molecule has 0 spiro atoms. The van der Waals surface area contributed by atoms with E-state index in [1.165, 1.54) is 11.1 Å². The van der Waals surface area contributed by atoms with Gasteiger partial charge in [0.15, 0.2) is 0 Å². The van der Waals surface area contributed by atoms with E-state index in [0.717, 1.165) is 5.75 Å². The molecule has 86 valence electrons. The van der Waals surface area contributed by atoms with Gasteiger partial charge < -0.3 is 4.74 Å². The van der Waals surface area contributed by atoms with Gasteiger partial charge in [-0.25, -0.2) is 0 Å². The molecule has 0 saturated heterocycles. The number of benzene rings is 1. The third-order valence-electron chi connectivity index (χ3n) is 2.23. The number of hydrogen-bond donors (Lipinski definition) is 0. The third kappa shape index (κ3) is 3.70. The molecule has 1 nitrogen and oxygen atoms in total. The van der Waals surface area contributed by atoms with Crippen molar-refractivity contribution in [1.82, 2.24) is 0 Å². The van der Waals surface area contributed by atoms with Crippen LogP contribution in [0.4, 0.5) is 0 Å². The van der Waals surface area contributed by atoms with Gasteiger partial charge in [0, 0.05) is 0 Å². The van der Waals surface area contributed by atoms with E-state index in [-0.39, 0.29) is 0 Å². The highest BCUT2D eigenvalue weighted by molar-refractivity contribution is 6.81. The van der Waals surface area contributed by atoms with Gasteiger partial charge in [-0.3, -0.25) is 0 Å². The van der Waals surface area contributed by atoms with Crippen molar-refractivity contribution in [2.24, 2.45) is 0 Å².